The molecule has 1 aromatic carbocycles. The van der Waals surface area contributed by atoms with Crippen molar-refractivity contribution in [2.45, 2.75) is 13.0 Å². The molecule has 2 nitrogen and oxygen atoms in total. The molecule has 90 valence electrons. The Kier molecular flexibility index (Phi) is 3.72. The minimum Gasteiger partial charge on any atom is -0.497 e. The standard InChI is InChI=1S/C13H13ClO2S/c1-8-7-17-13(11(8)14)12(15)9-4-3-5-10(6-9)16-2/h3-7,12,15H,1-2H3. The van der Waals surface area contributed by atoms with E-state index >= 15 is 0 Å². The van der Waals surface area contributed by atoms with Crippen LogP contribution >= 0.6 is 22.9 Å². The van der Waals surface area contributed by atoms with E-state index in [4.69, 9.17) is 16.3 Å². The Bertz CT molecular complexity index is 522. The number of methoxy groups -OCH3 is 1. The summed E-state index contributed by atoms with van der Waals surface area (Å²) in [6.07, 6.45) is -0.698. The summed E-state index contributed by atoms with van der Waals surface area (Å²) in [5.41, 5.74) is 1.78. The van der Waals surface area contributed by atoms with E-state index in [9.17, 15) is 5.11 Å². The number of halogens is 1. The number of hydrogen-bond donors (Lipinski definition) is 1. The number of ether oxygens (including phenoxy) is 1. The first-order chi connectivity index (χ1) is 8.13. The van der Waals surface area contributed by atoms with Crippen LogP contribution in [0.25, 0.3) is 0 Å². The predicted octanol–water partition coefficient (Wildman–Crippen LogP) is 3.80. The van der Waals surface area contributed by atoms with Crippen LogP contribution in [0.2, 0.25) is 5.02 Å². The third-order valence-corrected chi connectivity index (χ3v) is 4.35. The molecular formula is C13H13ClO2S. The van der Waals surface area contributed by atoms with Crippen molar-refractivity contribution in [3.05, 3.63) is 50.7 Å². The van der Waals surface area contributed by atoms with Crippen LogP contribution in [0.5, 0.6) is 5.75 Å². The lowest BCUT2D eigenvalue weighted by molar-refractivity contribution is 0.223. The van der Waals surface area contributed by atoms with Crippen LogP contribution in [0.4, 0.5) is 0 Å². The van der Waals surface area contributed by atoms with Gasteiger partial charge >= 0.3 is 0 Å². The number of aliphatic hydroxyl groups is 1. The van der Waals surface area contributed by atoms with Crippen LogP contribution in [0.1, 0.15) is 22.1 Å². The summed E-state index contributed by atoms with van der Waals surface area (Å²) in [5, 5.41) is 12.9. The lowest BCUT2D eigenvalue weighted by Crippen LogP contribution is -1.98. The highest BCUT2D eigenvalue weighted by Gasteiger charge is 2.17. The summed E-state index contributed by atoms with van der Waals surface area (Å²) in [6.45, 7) is 1.93. The lowest BCUT2D eigenvalue weighted by Gasteiger charge is -2.11. The van der Waals surface area contributed by atoms with E-state index in [1.807, 2.05) is 36.6 Å². The Hall–Kier alpha value is -1.03. The van der Waals surface area contributed by atoms with E-state index in [0.717, 1.165) is 21.8 Å². The van der Waals surface area contributed by atoms with Crippen LogP contribution in [-0.4, -0.2) is 12.2 Å². The Labute approximate surface area is 109 Å². The quantitative estimate of drug-likeness (QED) is 0.917. The van der Waals surface area contributed by atoms with Crippen molar-refractivity contribution in [3.8, 4) is 5.75 Å². The molecule has 4 heteroatoms. The van der Waals surface area contributed by atoms with Gasteiger partial charge in [-0.15, -0.1) is 11.3 Å². The van der Waals surface area contributed by atoms with Crippen LogP contribution < -0.4 is 4.74 Å². The Morgan fingerprint density at radius 2 is 2.18 bits per heavy atom. The molecule has 1 atom stereocenters. The van der Waals surface area contributed by atoms with Crippen LogP contribution in [0.15, 0.2) is 29.6 Å². The van der Waals surface area contributed by atoms with E-state index in [1.54, 1.807) is 7.11 Å². The maximum atomic E-state index is 10.3. The molecule has 1 aromatic heterocycles. The predicted molar refractivity (Wildman–Crippen MR) is 71.1 cm³/mol. The van der Waals surface area contributed by atoms with Crippen molar-refractivity contribution in [2.75, 3.05) is 7.11 Å². The SMILES string of the molecule is COc1cccc(C(O)c2scc(C)c2Cl)c1. The van der Waals surface area contributed by atoms with Gasteiger partial charge in [0.15, 0.2) is 0 Å². The number of rotatable bonds is 3. The highest BCUT2D eigenvalue weighted by Crippen LogP contribution is 2.36. The highest BCUT2D eigenvalue weighted by molar-refractivity contribution is 7.10. The molecule has 0 aliphatic heterocycles. The summed E-state index contributed by atoms with van der Waals surface area (Å²) < 4.78 is 5.14. The molecule has 0 fully saturated rings. The first-order valence-corrected chi connectivity index (χ1v) is 6.44. The topological polar surface area (TPSA) is 29.5 Å². The fraction of sp³-hybridized carbons (Fsp3) is 0.231. The van der Waals surface area contributed by atoms with E-state index in [2.05, 4.69) is 0 Å². The normalized spacial score (nSPS) is 12.5. The zero-order valence-electron chi connectivity index (χ0n) is 9.61. The monoisotopic (exact) mass is 268 g/mol. The average Bonchev–Trinajstić information content (AvgIpc) is 2.69. The van der Waals surface area contributed by atoms with Crippen molar-refractivity contribution in [3.63, 3.8) is 0 Å². The van der Waals surface area contributed by atoms with Gasteiger partial charge in [0, 0.05) is 0 Å². The zero-order chi connectivity index (χ0) is 12.4. The summed E-state index contributed by atoms with van der Waals surface area (Å²) in [5.74, 6) is 0.728. The third-order valence-electron chi connectivity index (χ3n) is 2.58. The van der Waals surface area contributed by atoms with Gasteiger partial charge in [0.25, 0.3) is 0 Å². The smallest absolute Gasteiger partial charge is 0.119 e. The Morgan fingerprint density at radius 1 is 1.41 bits per heavy atom. The number of aryl methyl sites for hydroxylation is 1. The van der Waals surface area contributed by atoms with Crippen molar-refractivity contribution in [1.82, 2.24) is 0 Å². The van der Waals surface area contributed by atoms with Gasteiger partial charge in [0.1, 0.15) is 11.9 Å². The maximum Gasteiger partial charge on any atom is 0.119 e. The molecule has 0 radical (unpaired) electrons. The summed E-state index contributed by atoms with van der Waals surface area (Å²) in [7, 11) is 1.60. The van der Waals surface area contributed by atoms with Gasteiger partial charge < -0.3 is 9.84 Å². The molecule has 1 heterocycles. The number of hydrogen-bond acceptors (Lipinski definition) is 3. The molecule has 0 spiro atoms. The van der Waals surface area contributed by atoms with Gasteiger partial charge in [-0.25, -0.2) is 0 Å². The molecular weight excluding hydrogens is 256 g/mol. The highest BCUT2D eigenvalue weighted by atomic mass is 35.5. The molecule has 2 rings (SSSR count). The van der Waals surface area contributed by atoms with Gasteiger partial charge in [-0.1, -0.05) is 23.7 Å². The number of aliphatic hydroxyl groups excluding tert-OH is 1. The molecule has 2 aromatic rings. The second kappa shape index (κ2) is 5.08. The fourth-order valence-corrected chi connectivity index (χ4v) is 2.90. The van der Waals surface area contributed by atoms with Crippen molar-refractivity contribution in [1.29, 1.82) is 0 Å². The van der Waals surface area contributed by atoms with Crippen LogP contribution in [0, 0.1) is 6.92 Å². The molecule has 0 aliphatic carbocycles. The molecule has 0 bridgehead atoms. The first kappa shape index (κ1) is 12.4. The van der Waals surface area contributed by atoms with Crippen LogP contribution in [0.3, 0.4) is 0 Å². The van der Waals surface area contributed by atoms with Gasteiger partial charge in [0.2, 0.25) is 0 Å². The molecule has 0 aliphatic rings. The summed E-state index contributed by atoms with van der Waals surface area (Å²) >= 11 is 7.62. The average molecular weight is 269 g/mol. The Morgan fingerprint density at radius 3 is 2.76 bits per heavy atom. The first-order valence-electron chi connectivity index (χ1n) is 5.19. The third kappa shape index (κ3) is 2.46. The number of thiophene rings is 1. The lowest BCUT2D eigenvalue weighted by atomic mass is 10.1. The summed E-state index contributed by atoms with van der Waals surface area (Å²) in [6, 6.07) is 7.37. The molecule has 1 N–H and O–H groups in total. The van der Waals surface area contributed by atoms with Crippen molar-refractivity contribution >= 4 is 22.9 Å². The minimum atomic E-state index is -0.698. The molecule has 17 heavy (non-hydrogen) atoms. The largest absolute Gasteiger partial charge is 0.497 e. The van der Waals surface area contributed by atoms with Crippen LogP contribution in [-0.2, 0) is 0 Å². The second-order valence-electron chi connectivity index (χ2n) is 3.78. The van der Waals surface area contributed by atoms with Gasteiger partial charge in [-0.2, -0.15) is 0 Å². The molecule has 0 amide bonds. The molecule has 0 saturated heterocycles. The van der Waals surface area contributed by atoms with Gasteiger partial charge in [0.05, 0.1) is 17.0 Å². The van der Waals surface area contributed by atoms with E-state index in [1.165, 1.54) is 11.3 Å². The Balaban J connectivity index is 2.36. The maximum absolute atomic E-state index is 10.3. The molecule has 0 saturated carbocycles. The summed E-state index contributed by atoms with van der Waals surface area (Å²) in [4.78, 5) is 0.775. The second-order valence-corrected chi connectivity index (χ2v) is 5.07. The van der Waals surface area contributed by atoms with Crippen molar-refractivity contribution in [2.24, 2.45) is 0 Å². The van der Waals surface area contributed by atoms with E-state index < -0.39 is 6.10 Å². The van der Waals surface area contributed by atoms with E-state index in [-0.39, 0.29) is 0 Å². The molecule has 1 unspecified atom stereocenters. The van der Waals surface area contributed by atoms with E-state index in [0.29, 0.717) is 5.02 Å². The minimum absolute atomic E-state index is 0.644. The van der Waals surface area contributed by atoms with Crippen molar-refractivity contribution < 1.29 is 9.84 Å². The fourth-order valence-electron chi connectivity index (χ4n) is 1.60. The number of benzene rings is 1. The van der Waals surface area contributed by atoms with Gasteiger partial charge in [-0.05, 0) is 35.6 Å². The zero-order valence-corrected chi connectivity index (χ0v) is 11.2. The van der Waals surface area contributed by atoms with Gasteiger partial charge in [-0.3, -0.25) is 0 Å².